The van der Waals surface area contributed by atoms with E-state index in [1.54, 1.807) is 0 Å². The highest BCUT2D eigenvalue weighted by Crippen LogP contribution is 2.36. The van der Waals surface area contributed by atoms with E-state index in [2.05, 4.69) is 12.1 Å². The van der Waals surface area contributed by atoms with Crippen LogP contribution in [0.2, 0.25) is 0 Å². The van der Waals surface area contributed by atoms with Gasteiger partial charge in [-0.25, -0.2) is 0 Å². The Labute approximate surface area is 109 Å². The molecule has 0 heterocycles. The SMILES string of the molecule is CCOc1cc2c(cc1OCC)[C@H](N)CCCC2. The van der Waals surface area contributed by atoms with E-state index >= 15 is 0 Å². The monoisotopic (exact) mass is 249 g/mol. The molecule has 1 aliphatic carbocycles. The number of aryl methyl sites for hydroxylation is 1. The Morgan fingerprint density at radius 1 is 1.11 bits per heavy atom. The van der Waals surface area contributed by atoms with Gasteiger partial charge in [0.05, 0.1) is 13.2 Å². The van der Waals surface area contributed by atoms with Gasteiger partial charge in [0.25, 0.3) is 0 Å². The van der Waals surface area contributed by atoms with Crippen molar-refractivity contribution in [3.05, 3.63) is 23.3 Å². The van der Waals surface area contributed by atoms with Crippen LogP contribution in [0.4, 0.5) is 0 Å². The van der Waals surface area contributed by atoms with Crippen molar-refractivity contribution in [2.45, 2.75) is 45.6 Å². The molecule has 0 amide bonds. The topological polar surface area (TPSA) is 44.5 Å². The van der Waals surface area contributed by atoms with Crippen LogP contribution in [0.15, 0.2) is 12.1 Å². The third-order valence-corrected chi connectivity index (χ3v) is 3.42. The molecule has 0 aliphatic heterocycles. The Morgan fingerprint density at radius 2 is 1.78 bits per heavy atom. The average Bonchev–Trinajstić information content (AvgIpc) is 2.53. The fourth-order valence-electron chi connectivity index (χ4n) is 2.55. The molecule has 18 heavy (non-hydrogen) atoms. The first kappa shape index (κ1) is 13.2. The molecule has 1 atom stereocenters. The highest BCUT2D eigenvalue weighted by Gasteiger charge is 2.19. The van der Waals surface area contributed by atoms with Gasteiger partial charge in [0, 0.05) is 6.04 Å². The molecule has 0 saturated heterocycles. The first-order valence-corrected chi connectivity index (χ1v) is 6.94. The number of fused-ring (bicyclic) bond motifs is 1. The van der Waals surface area contributed by atoms with E-state index in [0.717, 1.165) is 24.3 Å². The summed E-state index contributed by atoms with van der Waals surface area (Å²) in [5, 5.41) is 0. The van der Waals surface area contributed by atoms with E-state index < -0.39 is 0 Å². The molecule has 0 spiro atoms. The Kier molecular flexibility index (Phi) is 4.48. The number of nitrogens with two attached hydrogens (primary N) is 1. The maximum Gasteiger partial charge on any atom is 0.161 e. The summed E-state index contributed by atoms with van der Waals surface area (Å²) in [4.78, 5) is 0. The molecule has 3 heteroatoms. The first-order valence-electron chi connectivity index (χ1n) is 6.94. The van der Waals surface area contributed by atoms with Gasteiger partial charge in [-0.3, -0.25) is 0 Å². The van der Waals surface area contributed by atoms with Gasteiger partial charge >= 0.3 is 0 Å². The molecule has 2 rings (SSSR count). The normalized spacial score (nSPS) is 18.9. The summed E-state index contributed by atoms with van der Waals surface area (Å²) < 4.78 is 11.3. The molecule has 0 unspecified atom stereocenters. The minimum atomic E-state index is 0.136. The molecule has 3 nitrogen and oxygen atoms in total. The zero-order chi connectivity index (χ0) is 13.0. The Bertz CT molecular complexity index is 404. The van der Waals surface area contributed by atoms with Crippen LogP contribution in [0.25, 0.3) is 0 Å². The largest absolute Gasteiger partial charge is 0.490 e. The Hall–Kier alpha value is -1.22. The van der Waals surface area contributed by atoms with Crippen LogP contribution in [-0.2, 0) is 6.42 Å². The number of ether oxygens (including phenoxy) is 2. The van der Waals surface area contributed by atoms with Crippen molar-refractivity contribution in [3.8, 4) is 11.5 Å². The summed E-state index contributed by atoms with van der Waals surface area (Å²) in [6.45, 7) is 5.29. The van der Waals surface area contributed by atoms with Gasteiger partial charge < -0.3 is 15.2 Å². The molecule has 1 aromatic carbocycles. The van der Waals surface area contributed by atoms with E-state index in [1.807, 2.05) is 13.8 Å². The van der Waals surface area contributed by atoms with Crippen LogP contribution in [0.5, 0.6) is 11.5 Å². The van der Waals surface area contributed by atoms with Gasteiger partial charge in [0.15, 0.2) is 11.5 Å². The highest BCUT2D eigenvalue weighted by atomic mass is 16.5. The summed E-state index contributed by atoms with van der Waals surface area (Å²) in [6.07, 6.45) is 4.56. The molecular formula is C15H23NO2. The van der Waals surface area contributed by atoms with Crippen molar-refractivity contribution in [1.29, 1.82) is 0 Å². The molecule has 0 bridgehead atoms. The summed E-state index contributed by atoms with van der Waals surface area (Å²) in [6, 6.07) is 4.34. The molecule has 0 aromatic heterocycles. The minimum absolute atomic E-state index is 0.136. The third kappa shape index (κ3) is 2.78. The summed E-state index contributed by atoms with van der Waals surface area (Å²) >= 11 is 0. The second kappa shape index (κ2) is 6.10. The van der Waals surface area contributed by atoms with Crippen LogP contribution < -0.4 is 15.2 Å². The van der Waals surface area contributed by atoms with Gasteiger partial charge in [0.1, 0.15) is 0 Å². The lowest BCUT2D eigenvalue weighted by atomic mass is 9.99. The summed E-state index contributed by atoms with van der Waals surface area (Å²) in [5.41, 5.74) is 8.80. The van der Waals surface area contributed by atoms with Crippen molar-refractivity contribution in [2.75, 3.05) is 13.2 Å². The zero-order valence-corrected chi connectivity index (χ0v) is 11.4. The van der Waals surface area contributed by atoms with Gasteiger partial charge in [-0.15, -0.1) is 0 Å². The molecule has 1 aliphatic rings. The average molecular weight is 249 g/mol. The molecule has 0 fully saturated rings. The zero-order valence-electron chi connectivity index (χ0n) is 11.4. The minimum Gasteiger partial charge on any atom is -0.490 e. The van der Waals surface area contributed by atoms with Crippen molar-refractivity contribution in [3.63, 3.8) is 0 Å². The van der Waals surface area contributed by atoms with Crippen LogP contribution >= 0.6 is 0 Å². The standard InChI is InChI=1S/C15H23NO2/c1-3-17-14-9-11-7-5-6-8-13(16)12(11)10-15(14)18-4-2/h9-10,13H,3-8,16H2,1-2H3/t13-/m1/s1. The smallest absolute Gasteiger partial charge is 0.161 e. The summed E-state index contributed by atoms with van der Waals surface area (Å²) in [5.74, 6) is 1.68. The van der Waals surface area contributed by atoms with E-state index in [4.69, 9.17) is 15.2 Å². The lowest BCUT2D eigenvalue weighted by molar-refractivity contribution is 0.287. The maximum atomic E-state index is 6.24. The number of hydrogen-bond acceptors (Lipinski definition) is 3. The van der Waals surface area contributed by atoms with Gasteiger partial charge in [0.2, 0.25) is 0 Å². The van der Waals surface area contributed by atoms with Crippen molar-refractivity contribution in [1.82, 2.24) is 0 Å². The van der Waals surface area contributed by atoms with E-state index in [9.17, 15) is 0 Å². The van der Waals surface area contributed by atoms with Crippen molar-refractivity contribution >= 4 is 0 Å². The van der Waals surface area contributed by atoms with Gasteiger partial charge in [-0.05, 0) is 56.4 Å². The molecule has 1 aromatic rings. The van der Waals surface area contributed by atoms with Crippen molar-refractivity contribution < 1.29 is 9.47 Å². The van der Waals surface area contributed by atoms with E-state index in [0.29, 0.717) is 13.2 Å². The second-order valence-electron chi connectivity index (χ2n) is 4.72. The van der Waals surface area contributed by atoms with E-state index in [-0.39, 0.29) is 6.04 Å². The summed E-state index contributed by atoms with van der Waals surface area (Å²) in [7, 11) is 0. The van der Waals surface area contributed by atoms with Crippen LogP contribution in [0, 0.1) is 0 Å². The Balaban J connectivity index is 2.40. The number of benzene rings is 1. The lowest BCUT2D eigenvalue weighted by Crippen LogP contribution is -2.11. The molecule has 0 radical (unpaired) electrons. The fourth-order valence-corrected chi connectivity index (χ4v) is 2.55. The predicted octanol–water partition coefficient (Wildman–Crippen LogP) is 3.21. The molecule has 0 saturated carbocycles. The van der Waals surface area contributed by atoms with E-state index in [1.165, 1.54) is 24.0 Å². The van der Waals surface area contributed by atoms with Crippen LogP contribution in [0.1, 0.15) is 50.3 Å². The molecular weight excluding hydrogens is 226 g/mol. The van der Waals surface area contributed by atoms with Gasteiger partial charge in [-0.1, -0.05) is 6.42 Å². The highest BCUT2D eigenvalue weighted by molar-refractivity contribution is 5.49. The second-order valence-corrected chi connectivity index (χ2v) is 4.72. The van der Waals surface area contributed by atoms with Gasteiger partial charge in [-0.2, -0.15) is 0 Å². The lowest BCUT2D eigenvalue weighted by Gasteiger charge is -2.18. The quantitative estimate of drug-likeness (QED) is 0.833. The maximum absolute atomic E-state index is 6.24. The predicted molar refractivity (Wildman–Crippen MR) is 73.3 cm³/mol. The number of hydrogen-bond donors (Lipinski definition) is 1. The van der Waals surface area contributed by atoms with Crippen LogP contribution in [0.3, 0.4) is 0 Å². The number of rotatable bonds is 4. The molecule has 2 N–H and O–H groups in total. The Morgan fingerprint density at radius 3 is 2.44 bits per heavy atom. The first-order chi connectivity index (χ1) is 8.76. The van der Waals surface area contributed by atoms with Crippen molar-refractivity contribution in [2.24, 2.45) is 5.73 Å². The van der Waals surface area contributed by atoms with Crippen LogP contribution in [-0.4, -0.2) is 13.2 Å². The fraction of sp³-hybridized carbons (Fsp3) is 0.600. The molecule has 100 valence electrons. The third-order valence-electron chi connectivity index (χ3n) is 3.42.